The van der Waals surface area contributed by atoms with Gasteiger partial charge < -0.3 is 15.2 Å². The van der Waals surface area contributed by atoms with Crippen LogP contribution in [-0.4, -0.2) is 28.8 Å². The number of hydrogen-bond donors (Lipinski definition) is 2. The molecule has 0 aliphatic heterocycles. The van der Waals surface area contributed by atoms with Crippen LogP contribution in [0.25, 0.3) is 0 Å². The van der Waals surface area contributed by atoms with E-state index in [1.165, 1.54) is 0 Å². The summed E-state index contributed by atoms with van der Waals surface area (Å²) in [6.45, 7) is 9.48. The average Bonchev–Trinajstić information content (AvgIpc) is 2.58. The number of aliphatic carboxylic acids is 1. The molecule has 0 aromatic carbocycles. The number of carbonyl (C=O) groups excluding carboxylic acids is 1. The van der Waals surface area contributed by atoms with E-state index in [1.54, 1.807) is 0 Å². The Labute approximate surface area is 121 Å². The highest BCUT2D eigenvalue weighted by molar-refractivity contribution is 5.75. The number of carboxylic acid groups (broad SMARTS) is 1. The minimum Gasteiger partial charge on any atom is -0.481 e. The van der Waals surface area contributed by atoms with E-state index in [-0.39, 0.29) is 6.04 Å². The van der Waals surface area contributed by atoms with E-state index in [1.807, 2.05) is 34.6 Å². The zero-order chi connectivity index (χ0) is 15.6. The van der Waals surface area contributed by atoms with Crippen LogP contribution in [0.1, 0.15) is 60.3 Å². The number of ether oxygens (including phenoxy) is 1. The molecular weight excluding hydrogens is 258 g/mol. The Morgan fingerprint density at radius 1 is 1.40 bits per heavy atom. The van der Waals surface area contributed by atoms with Gasteiger partial charge in [-0.15, -0.1) is 0 Å². The molecule has 20 heavy (non-hydrogen) atoms. The summed E-state index contributed by atoms with van der Waals surface area (Å²) in [7, 11) is 0. The predicted octanol–water partition coefficient (Wildman–Crippen LogP) is 3.18. The van der Waals surface area contributed by atoms with Crippen LogP contribution in [0.4, 0.5) is 4.79 Å². The molecule has 0 aromatic rings. The second-order valence-electron chi connectivity index (χ2n) is 7.27. The molecule has 0 saturated heterocycles. The van der Waals surface area contributed by atoms with Crippen LogP contribution in [0.15, 0.2) is 0 Å². The van der Waals surface area contributed by atoms with Gasteiger partial charge in [0.1, 0.15) is 5.60 Å². The van der Waals surface area contributed by atoms with E-state index in [9.17, 15) is 14.7 Å². The van der Waals surface area contributed by atoms with E-state index < -0.39 is 23.1 Å². The number of alkyl carbamates (subject to hydrolysis) is 1. The van der Waals surface area contributed by atoms with Crippen LogP contribution in [0, 0.1) is 11.3 Å². The first kappa shape index (κ1) is 16.8. The molecule has 2 unspecified atom stereocenters. The molecular formula is C15H27NO4. The minimum atomic E-state index is -0.750. The van der Waals surface area contributed by atoms with E-state index in [4.69, 9.17) is 4.74 Å². The number of carboxylic acids is 1. The molecule has 0 spiro atoms. The Morgan fingerprint density at radius 2 is 2.00 bits per heavy atom. The number of carbonyl (C=O) groups is 2. The number of nitrogens with one attached hydrogen (secondary N) is 1. The molecule has 5 nitrogen and oxygen atoms in total. The highest BCUT2D eigenvalue weighted by Crippen LogP contribution is 2.43. The molecule has 1 aliphatic rings. The molecule has 0 radical (unpaired) electrons. The van der Waals surface area contributed by atoms with Crippen LogP contribution in [-0.2, 0) is 9.53 Å². The van der Waals surface area contributed by atoms with Gasteiger partial charge in [-0.05, 0) is 52.4 Å². The lowest BCUT2D eigenvalue weighted by molar-refractivity contribution is -0.149. The van der Waals surface area contributed by atoms with Crippen molar-refractivity contribution < 1.29 is 19.4 Å². The summed E-state index contributed by atoms with van der Waals surface area (Å²) >= 11 is 0. The lowest BCUT2D eigenvalue weighted by atomic mass is 9.78. The molecule has 5 heteroatoms. The Morgan fingerprint density at radius 3 is 2.45 bits per heavy atom. The topological polar surface area (TPSA) is 75.6 Å². The Bertz CT molecular complexity index is 373. The maximum atomic E-state index is 11.7. The summed E-state index contributed by atoms with van der Waals surface area (Å²) in [5.74, 6) is -0.425. The maximum absolute atomic E-state index is 11.7. The van der Waals surface area contributed by atoms with Crippen LogP contribution in [0.2, 0.25) is 0 Å². The highest BCUT2D eigenvalue weighted by atomic mass is 16.6. The van der Waals surface area contributed by atoms with Crippen LogP contribution in [0.3, 0.4) is 0 Å². The van der Waals surface area contributed by atoms with Gasteiger partial charge in [-0.2, -0.15) is 0 Å². The standard InChI is InChI=1S/C15H27NO4/c1-10(2)8-15(12(17)18)7-6-11(9-15)16-13(19)20-14(3,4)5/h10-11H,6-9H2,1-5H3,(H,16,19)(H,17,18). The van der Waals surface area contributed by atoms with Crippen LogP contribution >= 0.6 is 0 Å². The van der Waals surface area contributed by atoms with Crippen molar-refractivity contribution in [2.75, 3.05) is 0 Å². The molecule has 2 N–H and O–H groups in total. The van der Waals surface area contributed by atoms with Gasteiger partial charge in [-0.25, -0.2) is 4.79 Å². The average molecular weight is 285 g/mol. The van der Waals surface area contributed by atoms with Crippen molar-refractivity contribution in [2.45, 2.75) is 71.9 Å². The first-order chi connectivity index (χ1) is 9.04. The zero-order valence-electron chi connectivity index (χ0n) is 13.2. The van der Waals surface area contributed by atoms with E-state index in [0.717, 1.165) is 0 Å². The van der Waals surface area contributed by atoms with Crippen molar-refractivity contribution >= 4 is 12.1 Å². The second kappa shape index (κ2) is 6.02. The maximum Gasteiger partial charge on any atom is 0.407 e. The zero-order valence-corrected chi connectivity index (χ0v) is 13.2. The molecule has 1 amide bonds. The molecule has 1 fully saturated rings. The summed E-state index contributed by atoms with van der Waals surface area (Å²) in [6.07, 6.45) is 1.97. The van der Waals surface area contributed by atoms with Gasteiger partial charge in [-0.3, -0.25) is 4.79 Å². The van der Waals surface area contributed by atoms with E-state index >= 15 is 0 Å². The third kappa shape index (κ3) is 4.69. The smallest absolute Gasteiger partial charge is 0.407 e. The lowest BCUT2D eigenvalue weighted by Crippen LogP contribution is -2.39. The monoisotopic (exact) mass is 285 g/mol. The van der Waals surface area contributed by atoms with Crippen LogP contribution < -0.4 is 5.32 Å². The summed E-state index contributed by atoms with van der Waals surface area (Å²) in [6, 6.07) is -0.111. The molecule has 2 atom stereocenters. The Kier molecular flexibility index (Phi) is 5.05. The van der Waals surface area contributed by atoms with Crippen molar-refractivity contribution in [3.8, 4) is 0 Å². The molecule has 0 heterocycles. The van der Waals surface area contributed by atoms with Crippen molar-refractivity contribution in [1.29, 1.82) is 0 Å². The summed E-state index contributed by atoms with van der Waals surface area (Å²) in [5.41, 5.74) is -1.24. The molecule has 0 aromatic heterocycles. The Hall–Kier alpha value is -1.26. The van der Waals surface area contributed by atoms with Gasteiger partial charge >= 0.3 is 12.1 Å². The SMILES string of the molecule is CC(C)CC1(C(=O)O)CCC(NC(=O)OC(C)(C)C)C1. The fraction of sp³-hybridized carbons (Fsp3) is 0.867. The molecule has 0 bridgehead atoms. The number of amides is 1. The molecule has 1 aliphatic carbocycles. The first-order valence-electron chi connectivity index (χ1n) is 7.27. The van der Waals surface area contributed by atoms with Crippen LogP contribution in [0.5, 0.6) is 0 Å². The van der Waals surface area contributed by atoms with E-state index in [2.05, 4.69) is 5.32 Å². The van der Waals surface area contributed by atoms with Crippen molar-refractivity contribution in [1.82, 2.24) is 5.32 Å². The normalized spacial score (nSPS) is 26.6. The van der Waals surface area contributed by atoms with Crippen molar-refractivity contribution in [3.05, 3.63) is 0 Å². The van der Waals surface area contributed by atoms with Crippen molar-refractivity contribution in [2.24, 2.45) is 11.3 Å². The number of hydrogen-bond acceptors (Lipinski definition) is 3. The fourth-order valence-corrected chi connectivity index (χ4v) is 2.97. The minimum absolute atomic E-state index is 0.111. The third-order valence-corrected chi connectivity index (χ3v) is 3.58. The largest absolute Gasteiger partial charge is 0.481 e. The summed E-state index contributed by atoms with van der Waals surface area (Å²) in [4.78, 5) is 23.3. The number of rotatable bonds is 4. The predicted molar refractivity (Wildman–Crippen MR) is 76.5 cm³/mol. The summed E-state index contributed by atoms with van der Waals surface area (Å²) < 4.78 is 5.21. The van der Waals surface area contributed by atoms with Gasteiger partial charge in [0.05, 0.1) is 5.41 Å². The van der Waals surface area contributed by atoms with Gasteiger partial charge in [0.2, 0.25) is 0 Å². The molecule has 1 saturated carbocycles. The van der Waals surface area contributed by atoms with Gasteiger partial charge in [0, 0.05) is 6.04 Å². The highest BCUT2D eigenvalue weighted by Gasteiger charge is 2.46. The quantitative estimate of drug-likeness (QED) is 0.831. The van der Waals surface area contributed by atoms with Gasteiger partial charge in [-0.1, -0.05) is 13.8 Å². The summed E-state index contributed by atoms with van der Waals surface area (Å²) in [5, 5.41) is 12.3. The van der Waals surface area contributed by atoms with Gasteiger partial charge in [0.25, 0.3) is 0 Å². The van der Waals surface area contributed by atoms with E-state index in [0.29, 0.717) is 31.6 Å². The van der Waals surface area contributed by atoms with Crippen molar-refractivity contribution in [3.63, 3.8) is 0 Å². The second-order valence-corrected chi connectivity index (χ2v) is 7.27. The Balaban J connectivity index is 2.61. The fourth-order valence-electron chi connectivity index (χ4n) is 2.97. The third-order valence-electron chi connectivity index (χ3n) is 3.58. The lowest BCUT2D eigenvalue weighted by Gasteiger charge is -2.27. The molecule has 1 rings (SSSR count). The first-order valence-corrected chi connectivity index (χ1v) is 7.27. The van der Waals surface area contributed by atoms with Gasteiger partial charge in [0.15, 0.2) is 0 Å². The molecule has 116 valence electrons.